The lowest BCUT2D eigenvalue weighted by molar-refractivity contribution is -0.128. The molecule has 0 fully saturated rings. The summed E-state index contributed by atoms with van der Waals surface area (Å²) < 4.78 is 35.1. The Kier molecular flexibility index (Phi) is 5.86. The average Bonchev–Trinajstić information content (AvgIpc) is 2.76. The minimum atomic E-state index is -3.78. The quantitative estimate of drug-likeness (QED) is 0.714. The van der Waals surface area contributed by atoms with Gasteiger partial charge in [-0.3, -0.25) is 4.79 Å². The van der Waals surface area contributed by atoms with Crippen molar-refractivity contribution >= 4 is 33.1 Å². The van der Waals surface area contributed by atoms with E-state index in [1.54, 1.807) is 24.3 Å². The van der Waals surface area contributed by atoms with Gasteiger partial charge in [0.25, 0.3) is 15.9 Å². The molecule has 0 aliphatic carbocycles. The Labute approximate surface area is 182 Å². The van der Waals surface area contributed by atoms with E-state index >= 15 is 0 Å². The Morgan fingerprint density at radius 2 is 1.90 bits per heavy atom. The van der Waals surface area contributed by atoms with Crippen LogP contribution in [-0.2, 0) is 14.8 Å². The van der Waals surface area contributed by atoms with Crippen molar-refractivity contribution in [3.05, 3.63) is 48.5 Å². The van der Waals surface area contributed by atoms with Gasteiger partial charge in [-0.1, -0.05) is 38.1 Å². The number of sulfonamides is 1. The molecule has 9 heteroatoms. The van der Waals surface area contributed by atoms with E-state index in [-0.39, 0.29) is 29.9 Å². The van der Waals surface area contributed by atoms with E-state index in [1.807, 2.05) is 36.9 Å². The number of para-hydroxylation sites is 3. The maximum absolute atomic E-state index is 12.8. The molecule has 2 aromatic carbocycles. The monoisotopic (exact) mass is 442 g/mol. The molecule has 0 radical (unpaired) electrons. The van der Waals surface area contributed by atoms with Crippen molar-refractivity contribution in [2.45, 2.75) is 43.7 Å². The molecule has 0 spiro atoms. The van der Waals surface area contributed by atoms with Gasteiger partial charge in [-0.05, 0) is 37.1 Å². The molecular formula is C22H26N4O4S. The van der Waals surface area contributed by atoms with Crippen molar-refractivity contribution in [3.63, 3.8) is 0 Å². The zero-order chi connectivity index (χ0) is 22.0. The van der Waals surface area contributed by atoms with E-state index in [1.165, 1.54) is 6.07 Å². The number of carbonyl (C=O) groups is 1. The fourth-order valence-corrected chi connectivity index (χ4v) is 4.94. The van der Waals surface area contributed by atoms with Crippen molar-refractivity contribution in [1.82, 2.24) is 5.32 Å². The van der Waals surface area contributed by atoms with Gasteiger partial charge in [-0.15, -0.1) is 4.40 Å². The van der Waals surface area contributed by atoms with E-state index in [2.05, 4.69) is 15.0 Å². The first-order chi connectivity index (χ1) is 14.9. The third-order valence-electron chi connectivity index (χ3n) is 5.50. The van der Waals surface area contributed by atoms with Crippen molar-refractivity contribution < 1.29 is 17.9 Å². The summed E-state index contributed by atoms with van der Waals surface area (Å²) >= 11 is 0. The fraction of sp³-hybridized carbons (Fsp3) is 0.364. The number of benzene rings is 2. The van der Waals surface area contributed by atoms with Crippen LogP contribution in [0.4, 0.5) is 11.4 Å². The third kappa shape index (κ3) is 4.36. The predicted molar refractivity (Wildman–Crippen MR) is 120 cm³/mol. The maximum Gasteiger partial charge on any atom is 0.286 e. The molecule has 1 unspecified atom stereocenters. The minimum absolute atomic E-state index is 0.0905. The van der Waals surface area contributed by atoms with Gasteiger partial charge in [0.1, 0.15) is 16.5 Å². The minimum Gasteiger partial charge on any atom is -0.477 e. The van der Waals surface area contributed by atoms with E-state index in [0.717, 1.165) is 18.5 Å². The van der Waals surface area contributed by atoms with Crippen LogP contribution in [0.2, 0.25) is 0 Å². The highest BCUT2D eigenvalue weighted by atomic mass is 32.2. The number of amides is 1. The molecule has 0 aromatic heterocycles. The number of carbonyl (C=O) groups excluding carboxylic acids is 1. The number of rotatable bonds is 6. The van der Waals surface area contributed by atoms with Gasteiger partial charge in [0.15, 0.2) is 6.10 Å². The van der Waals surface area contributed by atoms with Crippen LogP contribution in [0, 0.1) is 0 Å². The second-order valence-electron chi connectivity index (χ2n) is 7.61. The molecule has 164 valence electrons. The van der Waals surface area contributed by atoms with Gasteiger partial charge in [-0.2, -0.15) is 8.42 Å². The number of hydrogen-bond acceptors (Lipinski definition) is 6. The first-order valence-corrected chi connectivity index (χ1v) is 11.9. The topological polar surface area (TPSA) is 100 Å². The first-order valence-electron chi connectivity index (χ1n) is 10.4. The lowest BCUT2D eigenvalue weighted by Crippen LogP contribution is -2.52. The number of hydrogen-bond donors (Lipinski definition) is 2. The Morgan fingerprint density at radius 3 is 2.68 bits per heavy atom. The SMILES string of the molecule is CCC(CC)NC(=O)C1CN(CC2=NS(=O)(=O)c3ccccc3N2)c2ccccc2O1. The summed E-state index contributed by atoms with van der Waals surface area (Å²) in [5.74, 6) is 0.706. The van der Waals surface area contributed by atoms with Crippen molar-refractivity contribution in [1.29, 1.82) is 0 Å². The molecule has 2 aliphatic rings. The molecule has 31 heavy (non-hydrogen) atoms. The van der Waals surface area contributed by atoms with Gasteiger partial charge in [0.2, 0.25) is 0 Å². The van der Waals surface area contributed by atoms with Gasteiger partial charge in [0, 0.05) is 6.04 Å². The molecule has 8 nitrogen and oxygen atoms in total. The zero-order valence-corrected chi connectivity index (χ0v) is 18.4. The highest BCUT2D eigenvalue weighted by molar-refractivity contribution is 7.90. The lowest BCUT2D eigenvalue weighted by atomic mass is 10.1. The average molecular weight is 443 g/mol. The molecule has 2 N–H and O–H groups in total. The van der Waals surface area contributed by atoms with Crippen LogP contribution in [0.15, 0.2) is 57.8 Å². The Morgan fingerprint density at radius 1 is 1.19 bits per heavy atom. The van der Waals surface area contributed by atoms with Gasteiger partial charge >= 0.3 is 0 Å². The van der Waals surface area contributed by atoms with Crippen LogP contribution in [0.25, 0.3) is 0 Å². The molecule has 2 heterocycles. The van der Waals surface area contributed by atoms with E-state index < -0.39 is 16.1 Å². The van der Waals surface area contributed by atoms with Crippen LogP contribution in [-0.4, -0.2) is 45.4 Å². The molecule has 2 aromatic rings. The normalized spacial score (nSPS) is 18.9. The molecule has 0 saturated heterocycles. The second-order valence-corrected chi connectivity index (χ2v) is 9.18. The van der Waals surface area contributed by atoms with Crippen molar-refractivity contribution in [2.24, 2.45) is 4.40 Å². The third-order valence-corrected chi connectivity index (χ3v) is 6.87. The van der Waals surface area contributed by atoms with Gasteiger partial charge in [0.05, 0.1) is 24.5 Å². The molecule has 2 aliphatic heterocycles. The van der Waals surface area contributed by atoms with Crippen molar-refractivity contribution in [3.8, 4) is 5.75 Å². The van der Waals surface area contributed by atoms with Crippen LogP contribution in [0.3, 0.4) is 0 Å². The summed E-state index contributed by atoms with van der Waals surface area (Å²) in [6.45, 7) is 4.54. The summed E-state index contributed by atoms with van der Waals surface area (Å²) in [6.07, 6.45) is 0.976. The number of anilines is 2. The molecule has 0 saturated carbocycles. The summed E-state index contributed by atoms with van der Waals surface area (Å²) in [5, 5.41) is 6.15. The standard InChI is InChI=1S/C22H26N4O4S/c1-3-15(4-2)23-22(27)19-13-26(17-10-6-7-11-18(17)30-19)14-21-24-16-9-5-8-12-20(16)31(28,29)25-21/h5-12,15,19H,3-4,13-14H2,1-2H3,(H,23,27)(H,24,25). The Balaban J connectivity index is 1.59. The van der Waals surface area contributed by atoms with Crippen LogP contribution in [0.5, 0.6) is 5.75 Å². The van der Waals surface area contributed by atoms with Crippen LogP contribution >= 0.6 is 0 Å². The number of fused-ring (bicyclic) bond motifs is 2. The molecule has 1 atom stereocenters. The summed E-state index contributed by atoms with van der Waals surface area (Å²) in [6, 6.07) is 14.2. The van der Waals surface area contributed by atoms with E-state index in [9.17, 15) is 13.2 Å². The zero-order valence-electron chi connectivity index (χ0n) is 17.5. The fourth-order valence-electron chi connectivity index (χ4n) is 3.80. The van der Waals surface area contributed by atoms with Gasteiger partial charge < -0.3 is 20.3 Å². The highest BCUT2D eigenvalue weighted by Crippen LogP contribution is 2.34. The molecule has 1 amide bonds. The molecule has 4 rings (SSSR count). The maximum atomic E-state index is 12.8. The summed E-state index contributed by atoms with van der Waals surface area (Å²) in [4.78, 5) is 14.9. The number of nitrogens with one attached hydrogen (secondary N) is 2. The van der Waals surface area contributed by atoms with E-state index in [4.69, 9.17) is 4.74 Å². The largest absolute Gasteiger partial charge is 0.477 e. The lowest BCUT2D eigenvalue weighted by Gasteiger charge is -2.36. The summed E-state index contributed by atoms with van der Waals surface area (Å²) in [7, 11) is -3.78. The highest BCUT2D eigenvalue weighted by Gasteiger charge is 2.33. The van der Waals surface area contributed by atoms with Crippen LogP contribution in [0.1, 0.15) is 26.7 Å². The van der Waals surface area contributed by atoms with E-state index in [0.29, 0.717) is 17.3 Å². The Bertz CT molecular complexity index is 1110. The smallest absolute Gasteiger partial charge is 0.286 e. The second kappa shape index (κ2) is 8.58. The Hall–Kier alpha value is -3.07. The number of amidine groups is 1. The summed E-state index contributed by atoms with van der Waals surface area (Å²) in [5.41, 5.74) is 1.28. The molecule has 0 bridgehead atoms. The first kappa shape index (κ1) is 21.2. The van der Waals surface area contributed by atoms with Gasteiger partial charge in [-0.25, -0.2) is 0 Å². The predicted octanol–water partition coefficient (Wildman–Crippen LogP) is 2.77. The van der Waals surface area contributed by atoms with Crippen molar-refractivity contribution in [2.75, 3.05) is 23.3 Å². The number of ether oxygens (including phenoxy) is 1. The molecular weight excluding hydrogens is 416 g/mol. The van der Waals surface area contributed by atoms with Crippen LogP contribution < -0.4 is 20.3 Å². The number of nitrogens with zero attached hydrogens (tertiary/aromatic N) is 2.